The third-order valence-electron chi connectivity index (χ3n) is 2.79. The second-order valence-corrected chi connectivity index (χ2v) is 4.02. The maximum atomic E-state index is 5.73. The van der Waals surface area contributed by atoms with Crippen LogP contribution in [0.25, 0.3) is 0 Å². The molecule has 0 aliphatic rings. The first-order valence-electron chi connectivity index (χ1n) is 5.70. The van der Waals surface area contributed by atoms with Crippen molar-refractivity contribution in [3.05, 3.63) is 59.8 Å². The molecule has 0 spiro atoms. The van der Waals surface area contributed by atoms with Gasteiger partial charge in [-0.2, -0.15) is 0 Å². The van der Waals surface area contributed by atoms with Gasteiger partial charge in [0.25, 0.3) is 0 Å². The van der Waals surface area contributed by atoms with Crippen LogP contribution >= 0.6 is 0 Å². The van der Waals surface area contributed by atoms with Crippen LogP contribution in [-0.4, -0.2) is 12.0 Å². The Morgan fingerprint density at radius 1 is 1.06 bits per heavy atom. The van der Waals surface area contributed by atoms with Crippen molar-refractivity contribution in [3.63, 3.8) is 0 Å². The third-order valence-corrected chi connectivity index (χ3v) is 2.79. The van der Waals surface area contributed by atoms with Crippen molar-refractivity contribution < 1.29 is 0 Å². The normalized spacial score (nSPS) is 10.2. The maximum Gasteiger partial charge on any atom is 0.128 e. The second-order valence-electron chi connectivity index (χ2n) is 4.02. The third kappa shape index (κ3) is 2.82. The Labute approximate surface area is 102 Å². The number of hydrogen-bond acceptors (Lipinski definition) is 3. The molecule has 1 heterocycles. The number of nitrogens with two attached hydrogens (primary N) is 1. The first-order chi connectivity index (χ1) is 8.31. The number of aromatic nitrogens is 1. The van der Waals surface area contributed by atoms with E-state index in [1.54, 1.807) is 6.20 Å². The molecule has 3 heteroatoms. The van der Waals surface area contributed by atoms with Gasteiger partial charge in [-0.1, -0.05) is 30.3 Å². The molecule has 0 aliphatic heterocycles. The summed E-state index contributed by atoms with van der Waals surface area (Å²) < 4.78 is 0. The largest absolute Gasteiger partial charge is 0.355 e. The minimum absolute atomic E-state index is 0.576. The van der Waals surface area contributed by atoms with Crippen LogP contribution in [0.5, 0.6) is 0 Å². The van der Waals surface area contributed by atoms with Gasteiger partial charge in [-0.3, -0.25) is 0 Å². The molecule has 3 nitrogen and oxygen atoms in total. The van der Waals surface area contributed by atoms with E-state index in [1.165, 1.54) is 11.1 Å². The standard InChI is InChI=1S/C14H17N3/c1-17(14-8-4-5-9-16-14)11-13-7-3-2-6-12(13)10-15/h2-9H,10-11,15H2,1H3. The number of rotatable bonds is 4. The molecule has 0 amide bonds. The van der Waals surface area contributed by atoms with Crippen LogP contribution in [0.1, 0.15) is 11.1 Å². The Morgan fingerprint density at radius 3 is 2.41 bits per heavy atom. The highest BCUT2D eigenvalue weighted by Crippen LogP contribution is 2.14. The van der Waals surface area contributed by atoms with Crippen molar-refractivity contribution in [2.45, 2.75) is 13.1 Å². The van der Waals surface area contributed by atoms with E-state index in [4.69, 9.17) is 5.73 Å². The van der Waals surface area contributed by atoms with Crippen molar-refractivity contribution in [1.29, 1.82) is 0 Å². The fourth-order valence-corrected chi connectivity index (χ4v) is 1.83. The van der Waals surface area contributed by atoms with Crippen molar-refractivity contribution in [2.24, 2.45) is 5.73 Å². The maximum absolute atomic E-state index is 5.73. The Hall–Kier alpha value is -1.87. The van der Waals surface area contributed by atoms with Crippen molar-refractivity contribution in [1.82, 2.24) is 4.98 Å². The Morgan fingerprint density at radius 2 is 1.76 bits per heavy atom. The average Bonchev–Trinajstić information content (AvgIpc) is 2.40. The van der Waals surface area contributed by atoms with Gasteiger partial charge in [0, 0.05) is 26.3 Å². The lowest BCUT2D eigenvalue weighted by molar-refractivity contribution is 0.876. The molecule has 0 saturated carbocycles. The SMILES string of the molecule is CN(Cc1ccccc1CN)c1ccccn1. The van der Waals surface area contributed by atoms with Gasteiger partial charge >= 0.3 is 0 Å². The Bertz CT molecular complexity index is 468. The summed E-state index contributed by atoms with van der Waals surface area (Å²) in [5.74, 6) is 0.972. The van der Waals surface area contributed by atoms with E-state index in [9.17, 15) is 0 Å². The van der Waals surface area contributed by atoms with E-state index in [1.807, 2.05) is 37.4 Å². The number of hydrogen-bond donors (Lipinski definition) is 1. The van der Waals surface area contributed by atoms with Gasteiger partial charge in [-0.05, 0) is 23.3 Å². The molecule has 17 heavy (non-hydrogen) atoms. The van der Waals surface area contributed by atoms with Crippen molar-refractivity contribution >= 4 is 5.82 Å². The molecule has 0 radical (unpaired) electrons. The molecular weight excluding hydrogens is 210 g/mol. The van der Waals surface area contributed by atoms with Gasteiger partial charge in [0.1, 0.15) is 5.82 Å². The molecule has 2 rings (SSSR count). The molecule has 2 N–H and O–H groups in total. The van der Waals surface area contributed by atoms with Crippen LogP contribution in [-0.2, 0) is 13.1 Å². The lowest BCUT2D eigenvalue weighted by atomic mass is 10.1. The van der Waals surface area contributed by atoms with Gasteiger partial charge < -0.3 is 10.6 Å². The molecule has 0 unspecified atom stereocenters. The molecule has 1 aromatic carbocycles. The van der Waals surface area contributed by atoms with E-state index < -0.39 is 0 Å². The van der Waals surface area contributed by atoms with E-state index in [0.717, 1.165) is 12.4 Å². The van der Waals surface area contributed by atoms with E-state index in [0.29, 0.717) is 6.54 Å². The molecule has 0 aliphatic carbocycles. The van der Waals surface area contributed by atoms with Gasteiger partial charge in [0.2, 0.25) is 0 Å². The van der Waals surface area contributed by atoms with Crippen LogP contribution in [0.2, 0.25) is 0 Å². The van der Waals surface area contributed by atoms with Gasteiger partial charge in [-0.15, -0.1) is 0 Å². The van der Waals surface area contributed by atoms with Gasteiger partial charge in [-0.25, -0.2) is 4.98 Å². The molecule has 1 aromatic heterocycles. The topological polar surface area (TPSA) is 42.1 Å². The van der Waals surface area contributed by atoms with Gasteiger partial charge in [0.15, 0.2) is 0 Å². The van der Waals surface area contributed by atoms with Crippen molar-refractivity contribution in [3.8, 4) is 0 Å². The number of pyridine rings is 1. The summed E-state index contributed by atoms with van der Waals surface area (Å²) in [6.07, 6.45) is 1.81. The molecule has 0 saturated heterocycles. The Balaban J connectivity index is 2.16. The number of benzene rings is 1. The summed E-state index contributed by atoms with van der Waals surface area (Å²) in [6, 6.07) is 14.2. The summed E-state index contributed by atoms with van der Waals surface area (Å²) in [6.45, 7) is 1.40. The monoisotopic (exact) mass is 227 g/mol. The zero-order valence-electron chi connectivity index (χ0n) is 10.0. The van der Waals surface area contributed by atoms with Crippen LogP contribution in [0.4, 0.5) is 5.82 Å². The fourth-order valence-electron chi connectivity index (χ4n) is 1.83. The summed E-state index contributed by atoms with van der Waals surface area (Å²) in [5.41, 5.74) is 8.17. The summed E-state index contributed by atoms with van der Waals surface area (Å²) >= 11 is 0. The zero-order chi connectivity index (χ0) is 12.1. The summed E-state index contributed by atoms with van der Waals surface area (Å²) in [5, 5.41) is 0. The van der Waals surface area contributed by atoms with Gasteiger partial charge in [0.05, 0.1) is 0 Å². The molecule has 2 aromatic rings. The lowest BCUT2D eigenvalue weighted by Gasteiger charge is -2.19. The van der Waals surface area contributed by atoms with E-state index >= 15 is 0 Å². The quantitative estimate of drug-likeness (QED) is 0.870. The molecular formula is C14H17N3. The van der Waals surface area contributed by atoms with Crippen LogP contribution in [0.15, 0.2) is 48.7 Å². The number of anilines is 1. The molecule has 0 bridgehead atoms. The molecule has 0 atom stereocenters. The van der Waals surface area contributed by atoms with Crippen LogP contribution in [0, 0.1) is 0 Å². The zero-order valence-corrected chi connectivity index (χ0v) is 10.0. The van der Waals surface area contributed by atoms with Crippen molar-refractivity contribution in [2.75, 3.05) is 11.9 Å². The first-order valence-corrected chi connectivity index (χ1v) is 5.70. The lowest BCUT2D eigenvalue weighted by Crippen LogP contribution is -2.19. The minimum Gasteiger partial charge on any atom is -0.355 e. The average molecular weight is 227 g/mol. The predicted molar refractivity (Wildman–Crippen MR) is 70.7 cm³/mol. The summed E-state index contributed by atoms with van der Waals surface area (Å²) in [4.78, 5) is 6.44. The molecule has 88 valence electrons. The predicted octanol–water partition coefficient (Wildman–Crippen LogP) is 2.18. The highest BCUT2D eigenvalue weighted by molar-refractivity contribution is 5.39. The van der Waals surface area contributed by atoms with E-state index in [2.05, 4.69) is 22.0 Å². The van der Waals surface area contributed by atoms with Crippen LogP contribution in [0.3, 0.4) is 0 Å². The smallest absolute Gasteiger partial charge is 0.128 e. The van der Waals surface area contributed by atoms with Crippen LogP contribution < -0.4 is 10.6 Å². The highest BCUT2D eigenvalue weighted by Gasteiger charge is 2.05. The molecule has 0 fully saturated rings. The fraction of sp³-hybridized carbons (Fsp3) is 0.214. The Kier molecular flexibility index (Phi) is 3.73. The van der Waals surface area contributed by atoms with E-state index in [-0.39, 0.29) is 0 Å². The minimum atomic E-state index is 0.576. The summed E-state index contributed by atoms with van der Waals surface area (Å²) in [7, 11) is 2.04. The highest BCUT2D eigenvalue weighted by atomic mass is 15.2. The second kappa shape index (κ2) is 5.46. The first kappa shape index (κ1) is 11.6. The number of nitrogens with zero attached hydrogens (tertiary/aromatic N) is 2.